The van der Waals surface area contributed by atoms with Crippen molar-refractivity contribution in [2.75, 3.05) is 32.3 Å². The summed E-state index contributed by atoms with van der Waals surface area (Å²) in [7, 11) is 3.09. The Bertz CT molecular complexity index is 1460. The summed E-state index contributed by atoms with van der Waals surface area (Å²) in [5.41, 5.74) is 2.15. The summed E-state index contributed by atoms with van der Waals surface area (Å²) in [5, 5.41) is 0.648. The lowest BCUT2D eigenvalue weighted by molar-refractivity contribution is -0.117. The van der Waals surface area contributed by atoms with E-state index in [4.69, 9.17) is 18.9 Å². The van der Waals surface area contributed by atoms with E-state index < -0.39 is 5.82 Å². The Kier molecular flexibility index (Phi) is 7.93. The molecular formula is C31H31FN2O5. The Morgan fingerprint density at radius 3 is 2.46 bits per heavy atom. The van der Waals surface area contributed by atoms with E-state index in [1.165, 1.54) is 6.07 Å². The number of carbonyl (C=O) groups is 1. The van der Waals surface area contributed by atoms with E-state index in [2.05, 4.69) is 11.9 Å². The van der Waals surface area contributed by atoms with Gasteiger partial charge in [-0.1, -0.05) is 37.3 Å². The van der Waals surface area contributed by atoms with Crippen LogP contribution < -0.4 is 19.1 Å². The maximum Gasteiger partial charge on any atom is 0.227 e. The molecule has 202 valence electrons. The molecule has 39 heavy (non-hydrogen) atoms. The molecule has 3 aromatic carbocycles. The van der Waals surface area contributed by atoms with Crippen LogP contribution in [0.25, 0.3) is 10.9 Å². The number of methoxy groups -OCH3 is 2. The van der Waals surface area contributed by atoms with Crippen molar-refractivity contribution in [3.05, 3.63) is 84.3 Å². The molecule has 0 radical (unpaired) electrons. The third-order valence-corrected chi connectivity index (χ3v) is 6.87. The third kappa shape index (κ3) is 5.52. The average molecular weight is 531 g/mol. The van der Waals surface area contributed by atoms with Gasteiger partial charge in [-0.2, -0.15) is 0 Å². The molecule has 4 aromatic rings. The molecule has 0 spiro atoms. The SMILES string of the molecule is CCCOC(c1ccccc1)[C@H]1CC(=O)N(c2ccc(Oc3ccnc4cc(OC)c(OC)cc34)c(F)c2)C1. The maximum atomic E-state index is 15.3. The zero-order valence-electron chi connectivity index (χ0n) is 22.2. The molecule has 1 fully saturated rings. The van der Waals surface area contributed by atoms with Gasteiger partial charge in [0.15, 0.2) is 23.1 Å². The number of pyridine rings is 1. The molecule has 2 heterocycles. The predicted molar refractivity (Wildman–Crippen MR) is 147 cm³/mol. The van der Waals surface area contributed by atoms with Crippen molar-refractivity contribution in [1.82, 2.24) is 4.98 Å². The Morgan fingerprint density at radius 1 is 0.974 bits per heavy atom. The second-order valence-electron chi connectivity index (χ2n) is 9.42. The predicted octanol–water partition coefficient (Wildman–Crippen LogP) is 6.70. The smallest absolute Gasteiger partial charge is 0.227 e. The van der Waals surface area contributed by atoms with Crippen molar-refractivity contribution < 1.29 is 28.1 Å². The summed E-state index contributed by atoms with van der Waals surface area (Å²) < 4.78 is 38.2. The number of benzene rings is 3. The first kappa shape index (κ1) is 26.4. The maximum absolute atomic E-state index is 15.3. The van der Waals surface area contributed by atoms with Crippen LogP contribution in [0.3, 0.4) is 0 Å². The summed E-state index contributed by atoms with van der Waals surface area (Å²) in [6, 6.07) is 19.7. The highest BCUT2D eigenvalue weighted by atomic mass is 19.1. The van der Waals surface area contributed by atoms with Crippen LogP contribution in [0.4, 0.5) is 10.1 Å². The minimum atomic E-state index is -0.573. The van der Waals surface area contributed by atoms with Crippen LogP contribution in [0, 0.1) is 11.7 Å². The normalized spacial score (nSPS) is 15.9. The van der Waals surface area contributed by atoms with Gasteiger partial charge in [0, 0.05) is 54.9 Å². The van der Waals surface area contributed by atoms with Crippen LogP contribution >= 0.6 is 0 Å². The van der Waals surface area contributed by atoms with Crippen LogP contribution in [-0.4, -0.2) is 38.3 Å². The number of hydrogen-bond acceptors (Lipinski definition) is 6. The Balaban J connectivity index is 1.37. The molecule has 0 saturated carbocycles. The van der Waals surface area contributed by atoms with E-state index in [9.17, 15) is 4.79 Å². The monoisotopic (exact) mass is 530 g/mol. The van der Waals surface area contributed by atoms with E-state index in [0.29, 0.717) is 53.4 Å². The van der Waals surface area contributed by atoms with Gasteiger partial charge in [0.05, 0.1) is 25.8 Å². The summed E-state index contributed by atoms with van der Waals surface area (Å²) in [5.74, 6) is 0.833. The molecule has 1 aliphatic heterocycles. The molecular weight excluding hydrogens is 499 g/mol. The third-order valence-electron chi connectivity index (χ3n) is 6.87. The molecule has 1 amide bonds. The fourth-order valence-electron chi connectivity index (χ4n) is 4.97. The summed E-state index contributed by atoms with van der Waals surface area (Å²) in [6.45, 7) is 3.11. The van der Waals surface area contributed by atoms with E-state index in [0.717, 1.165) is 12.0 Å². The van der Waals surface area contributed by atoms with Crippen molar-refractivity contribution in [3.8, 4) is 23.0 Å². The molecule has 2 atom stereocenters. The highest BCUT2D eigenvalue weighted by molar-refractivity contribution is 5.96. The fourth-order valence-corrected chi connectivity index (χ4v) is 4.97. The van der Waals surface area contributed by atoms with Gasteiger partial charge in [0.2, 0.25) is 5.91 Å². The first-order chi connectivity index (χ1) is 19.0. The van der Waals surface area contributed by atoms with Crippen molar-refractivity contribution in [3.63, 3.8) is 0 Å². The van der Waals surface area contributed by atoms with Gasteiger partial charge < -0.3 is 23.8 Å². The summed E-state index contributed by atoms with van der Waals surface area (Å²) in [4.78, 5) is 19.0. The van der Waals surface area contributed by atoms with Crippen LogP contribution in [0.5, 0.6) is 23.0 Å². The van der Waals surface area contributed by atoms with E-state index in [1.807, 2.05) is 30.3 Å². The zero-order valence-corrected chi connectivity index (χ0v) is 22.2. The van der Waals surface area contributed by atoms with Crippen LogP contribution in [0.2, 0.25) is 0 Å². The Labute approximate surface area is 227 Å². The first-order valence-electron chi connectivity index (χ1n) is 13.0. The van der Waals surface area contributed by atoms with Gasteiger partial charge in [-0.25, -0.2) is 4.39 Å². The molecule has 7 nitrogen and oxygen atoms in total. The molecule has 0 N–H and O–H groups in total. The lowest BCUT2D eigenvalue weighted by atomic mass is 9.94. The number of nitrogens with zero attached hydrogens (tertiary/aromatic N) is 2. The number of rotatable bonds is 10. The lowest BCUT2D eigenvalue weighted by Crippen LogP contribution is -2.26. The molecule has 1 aromatic heterocycles. The molecule has 1 saturated heterocycles. The number of aromatic nitrogens is 1. The van der Waals surface area contributed by atoms with Gasteiger partial charge in [-0.05, 0) is 36.2 Å². The van der Waals surface area contributed by atoms with Crippen molar-refractivity contribution >= 4 is 22.5 Å². The number of amides is 1. The summed E-state index contributed by atoms with van der Waals surface area (Å²) >= 11 is 0. The van der Waals surface area contributed by atoms with Gasteiger partial charge in [-0.15, -0.1) is 0 Å². The highest BCUT2D eigenvalue weighted by Gasteiger charge is 2.37. The van der Waals surface area contributed by atoms with E-state index >= 15 is 4.39 Å². The van der Waals surface area contributed by atoms with Gasteiger partial charge in [0.1, 0.15) is 5.75 Å². The average Bonchev–Trinajstić information content (AvgIpc) is 3.35. The number of ether oxygens (including phenoxy) is 4. The second-order valence-corrected chi connectivity index (χ2v) is 9.42. The molecule has 0 bridgehead atoms. The largest absolute Gasteiger partial charge is 0.493 e. The van der Waals surface area contributed by atoms with E-state index in [1.54, 1.807) is 55.6 Å². The first-order valence-corrected chi connectivity index (χ1v) is 13.0. The molecule has 1 unspecified atom stereocenters. The van der Waals surface area contributed by atoms with Crippen molar-refractivity contribution in [2.24, 2.45) is 5.92 Å². The number of carbonyl (C=O) groups excluding carboxylic acids is 1. The second kappa shape index (κ2) is 11.7. The topological polar surface area (TPSA) is 70.1 Å². The minimum absolute atomic E-state index is 0.0395. The Morgan fingerprint density at radius 2 is 1.74 bits per heavy atom. The van der Waals surface area contributed by atoms with Crippen LogP contribution in [-0.2, 0) is 9.53 Å². The molecule has 8 heteroatoms. The lowest BCUT2D eigenvalue weighted by Gasteiger charge is -2.24. The summed E-state index contributed by atoms with van der Waals surface area (Å²) in [6.07, 6.45) is 2.59. The number of halogens is 1. The molecule has 5 rings (SSSR count). The Hall–Kier alpha value is -4.17. The zero-order chi connectivity index (χ0) is 27.4. The minimum Gasteiger partial charge on any atom is -0.493 e. The molecule has 0 aliphatic carbocycles. The van der Waals surface area contributed by atoms with Crippen LogP contribution in [0.15, 0.2) is 72.9 Å². The standard InChI is InChI=1S/C31H31FN2O5/c1-4-14-38-31(20-8-6-5-7-9-20)21-15-30(35)34(19-21)22-10-11-27(24(32)16-22)39-26-12-13-33-25-18-29(37-3)28(36-2)17-23(25)26/h5-13,16-18,21,31H,4,14-15,19H2,1-3H3/t21-,31?/m0/s1. The van der Waals surface area contributed by atoms with Crippen LogP contribution in [0.1, 0.15) is 31.4 Å². The number of anilines is 1. The van der Waals surface area contributed by atoms with Gasteiger partial charge in [0.25, 0.3) is 0 Å². The highest BCUT2D eigenvalue weighted by Crippen LogP contribution is 2.39. The van der Waals surface area contributed by atoms with Gasteiger partial charge in [-0.3, -0.25) is 9.78 Å². The van der Waals surface area contributed by atoms with Crippen molar-refractivity contribution in [1.29, 1.82) is 0 Å². The van der Waals surface area contributed by atoms with Crippen molar-refractivity contribution in [2.45, 2.75) is 25.9 Å². The molecule has 1 aliphatic rings. The van der Waals surface area contributed by atoms with E-state index in [-0.39, 0.29) is 23.7 Å². The number of hydrogen-bond donors (Lipinski definition) is 0. The number of fused-ring (bicyclic) bond motifs is 1. The quantitative estimate of drug-likeness (QED) is 0.227. The van der Waals surface area contributed by atoms with Gasteiger partial charge >= 0.3 is 0 Å². The fraction of sp³-hybridized carbons (Fsp3) is 0.290.